The second-order valence-electron chi connectivity index (χ2n) is 4.52. The molecular weight excluding hydrogens is 276 g/mol. The van der Waals surface area contributed by atoms with Crippen molar-refractivity contribution in [3.63, 3.8) is 0 Å². The highest BCUT2D eigenvalue weighted by molar-refractivity contribution is 7.10. The van der Waals surface area contributed by atoms with Crippen molar-refractivity contribution in [3.05, 3.63) is 51.7 Å². The Hall–Kier alpha value is -1.03. The van der Waals surface area contributed by atoms with Crippen molar-refractivity contribution < 1.29 is 0 Å². The number of benzene rings is 1. The van der Waals surface area contributed by atoms with Crippen LogP contribution in [0.3, 0.4) is 0 Å². The van der Waals surface area contributed by atoms with Crippen LogP contribution in [0.1, 0.15) is 11.3 Å². The van der Waals surface area contributed by atoms with E-state index in [-0.39, 0.29) is 0 Å². The Morgan fingerprint density at radius 2 is 2.05 bits per heavy atom. The molecule has 0 aliphatic rings. The number of hydrogen-bond acceptors (Lipinski definition) is 3. The summed E-state index contributed by atoms with van der Waals surface area (Å²) in [7, 11) is 2.13. The summed E-state index contributed by atoms with van der Waals surface area (Å²) in [6, 6.07) is 12.5. The predicted molar refractivity (Wildman–Crippen MR) is 85.4 cm³/mol. The third kappa shape index (κ3) is 4.86. The molecule has 0 atom stereocenters. The molecule has 2 rings (SSSR count). The van der Waals surface area contributed by atoms with E-state index in [4.69, 9.17) is 11.6 Å². The molecule has 0 saturated heterocycles. The maximum Gasteiger partial charge on any atom is 0.0516 e. The van der Waals surface area contributed by atoms with E-state index in [0.717, 1.165) is 31.1 Å². The Morgan fingerprint density at radius 1 is 1.26 bits per heavy atom. The molecule has 2 aromatic rings. The summed E-state index contributed by atoms with van der Waals surface area (Å²) in [6.45, 7) is 2.99. The van der Waals surface area contributed by atoms with Crippen molar-refractivity contribution in [2.45, 2.75) is 13.0 Å². The van der Waals surface area contributed by atoms with Crippen LogP contribution >= 0.6 is 22.9 Å². The van der Waals surface area contributed by atoms with Crippen molar-refractivity contribution in [1.82, 2.24) is 5.32 Å². The number of hydrogen-bond donors (Lipinski definition) is 1. The maximum absolute atomic E-state index is 5.89. The summed E-state index contributed by atoms with van der Waals surface area (Å²) < 4.78 is 0. The van der Waals surface area contributed by atoms with Crippen LogP contribution < -0.4 is 10.2 Å². The molecule has 4 heteroatoms. The summed E-state index contributed by atoms with van der Waals surface area (Å²) >= 11 is 7.59. The first-order valence-electron chi connectivity index (χ1n) is 6.45. The van der Waals surface area contributed by atoms with Crippen LogP contribution in [0.5, 0.6) is 0 Å². The summed E-state index contributed by atoms with van der Waals surface area (Å²) in [5, 5.41) is 6.26. The largest absolute Gasteiger partial charge is 0.375 e. The van der Waals surface area contributed by atoms with Crippen LogP contribution in [0.15, 0.2) is 41.8 Å². The van der Waals surface area contributed by atoms with Crippen molar-refractivity contribution in [2.24, 2.45) is 0 Å². The third-order valence-corrected chi connectivity index (χ3v) is 4.25. The van der Waals surface area contributed by atoms with Crippen molar-refractivity contribution in [3.8, 4) is 0 Å². The molecule has 0 amide bonds. The molecule has 0 bridgehead atoms. The monoisotopic (exact) mass is 294 g/mol. The van der Waals surface area contributed by atoms with Gasteiger partial charge in [-0.1, -0.05) is 29.8 Å². The number of thiophene rings is 1. The summed E-state index contributed by atoms with van der Waals surface area (Å²) in [6.07, 6.45) is 1.13. The molecule has 0 unspecified atom stereocenters. The topological polar surface area (TPSA) is 15.3 Å². The minimum Gasteiger partial charge on any atom is -0.375 e. The average molecular weight is 295 g/mol. The Balaban J connectivity index is 1.62. The van der Waals surface area contributed by atoms with Gasteiger partial charge in [-0.25, -0.2) is 0 Å². The van der Waals surface area contributed by atoms with E-state index in [1.165, 1.54) is 10.6 Å². The first-order chi connectivity index (χ1) is 9.25. The molecule has 0 spiro atoms. The summed E-state index contributed by atoms with van der Waals surface area (Å²) in [5.74, 6) is 0. The zero-order valence-corrected chi connectivity index (χ0v) is 12.7. The highest BCUT2D eigenvalue weighted by Crippen LogP contribution is 2.18. The van der Waals surface area contributed by atoms with E-state index in [0.29, 0.717) is 0 Å². The van der Waals surface area contributed by atoms with E-state index < -0.39 is 0 Å². The number of rotatable bonds is 7. The minimum atomic E-state index is 0.839. The average Bonchev–Trinajstić information content (AvgIpc) is 2.85. The van der Waals surface area contributed by atoms with Crippen molar-refractivity contribution >= 4 is 28.6 Å². The fourth-order valence-corrected chi connectivity index (χ4v) is 2.95. The molecule has 102 valence electrons. The molecule has 1 N–H and O–H groups in total. The van der Waals surface area contributed by atoms with Crippen LogP contribution in [0, 0.1) is 0 Å². The highest BCUT2D eigenvalue weighted by Gasteiger charge is 2.00. The van der Waals surface area contributed by atoms with Crippen molar-refractivity contribution in [1.29, 1.82) is 0 Å². The number of nitrogens with one attached hydrogen (secondary N) is 1. The second-order valence-corrected chi connectivity index (χ2v) is 5.95. The van der Waals surface area contributed by atoms with E-state index in [1.54, 1.807) is 11.3 Å². The molecule has 19 heavy (non-hydrogen) atoms. The van der Waals surface area contributed by atoms with Crippen molar-refractivity contribution in [2.75, 3.05) is 25.0 Å². The van der Waals surface area contributed by atoms with Gasteiger partial charge in [0, 0.05) is 36.1 Å². The Morgan fingerprint density at radius 3 is 2.74 bits per heavy atom. The fraction of sp³-hybridized carbons (Fsp3) is 0.333. The molecule has 0 fully saturated rings. The lowest BCUT2D eigenvalue weighted by molar-refractivity contribution is 0.650. The number of anilines is 1. The molecule has 1 aromatic carbocycles. The molecule has 1 aromatic heterocycles. The lowest BCUT2D eigenvalue weighted by atomic mass is 10.3. The maximum atomic E-state index is 5.89. The van der Waals surface area contributed by atoms with Crippen LogP contribution in [0.4, 0.5) is 5.69 Å². The van der Waals surface area contributed by atoms with E-state index in [9.17, 15) is 0 Å². The van der Waals surface area contributed by atoms with Gasteiger partial charge in [0.05, 0.1) is 5.02 Å². The molecule has 2 nitrogen and oxygen atoms in total. The first kappa shape index (κ1) is 14.4. The molecule has 0 aliphatic heterocycles. The first-order valence-corrected chi connectivity index (χ1v) is 7.71. The normalized spacial score (nSPS) is 10.6. The third-order valence-electron chi connectivity index (χ3n) is 2.97. The molecule has 0 aliphatic carbocycles. The van der Waals surface area contributed by atoms with Gasteiger partial charge >= 0.3 is 0 Å². The molecular formula is C15H19ClN2S. The lowest BCUT2D eigenvalue weighted by Crippen LogP contribution is -2.23. The standard InChI is InChI=1S/C15H19ClN2S/c1-18(14-6-3-2-4-7-14)9-5-8-17-11-15-10-13(16)12-19-15/h2-4,6-7,10,12,17H,5,8-9,11H2,1H3. The predicted octanol–water partition coefficient (Wildman–Crippen LogP) is 4.02. The zero-order chi connectivity index (χ0) is 13.5. The van der Waals surface area contributed by atoms with Crippen LogP contribution in [0.25, 0.3) is 0 Å². The summed E-state index contributed by atoms with van der Waals surface area (Å²) in [5.41, 5.74) is 1.27. The number of nitrogens with zero attached hydrogens (tertiary/aromatic N) is 1. The van der Waals surface area contributed by atoms with Gasteiger partial charge in [0.2, 0.25) is 0 Å². The quantitative estimate of drug-likeness (QED) is 0.776. The van der Waals surface area contributed by atoms with Crippen LogP contribution in [-0.2, 0) is 6.54 Å². The minimum absolute atomic E-state index is 0.839. The molecule has 0 radical (unpaired) electrons. The summed E-state index contributed by atoms with van der Waals surface area (Å²) in [4.78, 5) is 3.57. The molecule has 0 saturated carbocycles. The van der Waals surface area contributed by atoms with Crippen LogP contribution in [-0.4, -0.2) is 20.1 Å². The van der Waals surface area contributed by atoms with Gasteiger partial charge in [0.25, 0.3) is 0 Å². The lowest BCUT2D eigenvalue weighted by Gasteiger charge is -2.19. The number of halogens is 1. The SMILES string of the molecule is CN(CCCNCc1cc(Cl)cs1)c1ccccc1. The Labute approximate surface area is 124 Å². The van der Waals surface area contributed by atoms with Gasteiger partial charge in [-0.15, -0.1) is 11.3 Å². The zero-order valence-electron chi connectivity index (χ0n) is 11.1. The van der Waals surface area contributed by atoms with E-state index >= 15 is 0 Å². The smallest absolute Gasteiger partial charge is 0.0516 e. The van der Waals surface area contributed by atoms with E-state index in [2.05, 4.69) is 41.5 Å². The Bertz CT molecular complexity index is 484. The Kier molecular flexibility index (Phi) is 5.70. The van der Waals surface area contributed by atoms with Gasteiger partial charge in [-0.2, -0.15) is 0 Å². The second kappa shape index (κ2) is 7.53. The van der Waals surface area contributed by atoms with Gasteiger partial charge in [0.1, 0.15) is 0 Å². The van der Waals surface area contributed by atoms with Gasteiger partial charge in [0.15, 0.2) is 0 Å². The number of para-hydroxylation sites is 1. The molecule has 1 heterocycles. The van der Waals surface area contributed by atoms with E-state index in [1.807, 2.05) is 17.5 Å². The van der Waals surface area contributed by atoms with Gasteiger partial charge in [-0.3, -0.25) is 0 Å². The van der Waals surface area contributed by atoms with Gasteiger partial charge < -0.3 is 10.2 Å². The van der Waals surface area contributed by atoms with Gasteiger partial charge in [-0.05, 0) is 31.2 Å². The fourth-order valence-electron chi connectivity index (χ4n) is 1.91. The highest BCUT2D eigenvalue weighted by atomic mass is 35.5. The van der Waals surface area contributed by atoms with Crippen LogP contribution in [0.2, 0.25) is 5.02 Å².